The second-order valence-electron chi connectivity index (χ2n) is 6.09. The number of pyridine rings is 1. The van der Waals surface area contributed by atoms with E-state index in [-0.39, 0.29) is 16.9 Å². The molecule has 0 unspecified atom stereocenters. The summed E-state index contributed by atoms with van der Waals surface area (Å²) in [6.07, 6.45) is 1.38. The van der Waals surface area contributed by atoms with Crippen molar-refractivity contribution in [1.82, 2.24) is 14.8 Å². The van der Waals surface area contributed by atoms with Crippen LogP contribution in [0, 0.1) is 11.3 Å². The first-order valence-corrected chi connectivity index (χ1v) is 8.97. The Kier molecular flexibility index (Phi) is 4.85. The molecule has 2 heterocycles. The number of methoxy groups -OCH3 is 1. The van der Waals surface area contributed by atoms with E-state index in [2.05, 4.69) is 15.4 Å². The smallest absolute Gasteiger partial charge is 0.260 e. The number of carbonyl (C=O) groups is 1. The first-order valence-electron chi connectivity index (χ1n) is 8.60. The zero-order chi connectivity index (χ0) is 20.4. The molecule has 29 heavy (non-hydrogen) atoms. The zero-order valence-corrected chi connectivity index (χ0v) is 16.0. The van der Waals surface area contributed by atoms with Crippen molar-refractivity contribution < 1.29 is 9.53 Å². The summed E-state index contributed by atoms with van der Waals surface area (Å²) in [4.78, 5) is 17.5. The Balaban J connectivity index is 1.76. The normalized spacial score (nSPS) is 10.5. The van der Waals surface area contributed by atoms with Gasteiger partial charge in [0, 0.05) is 10.4 Å². The monoisotopic (exact) mass is 403 g/mol. The average molecular weight is 404 g/mol. The van der Waals surface area contributed by atoms with Gasteiger partial charge in [-0.3, -0.25) is 4.79 Å². The molecule has 0 spiro atoms. The van der Waals surface area contributed by atoms with Crippen molar-refractivity contribution in [2.24, 2.45) is 0 Å². The average Bonchev–Trinajstić information content (AvgIpc) is 3.15. The molecule has 4 rings (SSSR count). The summed E-state index contributed by atoms with van der Waals surface area (Å²) >= 11 is 6.03. The Morgan fingerprint density at radius 1 is 1.21 bits per heavy atom. The van der Waals surface area contributed by atoms with Crippen molar-refractivity contribution in [2.75, 3.05) is 12.4 Å². The van der Waals surface area contributed by atoms with Gasteiger partial charge >= 0.3 is 0 Å². The topological polar surface area (TPSA) is 92.8 Å². The first-order chi connectivity index (χ1) is 14.1. The van der Waals surface area contributed by atoms with E-state index in [0.717, 1.165) is 10.9 Å². The number of nitrogens with zero attached hydrogens (tertiary/aromatic N) is 4. The summed E-state index contributed by atoms with van der Waals surface area (Å²) in [5.41, 5.74) is 1.21. The van der Waals surface area contributed by atoms with E-state index in [4.69, 9.17) is 16.3 Å². The highest BCUT2D eigenvalue weighted by Gasteiger charge is 2.19. The van der Waals surface area contributed by atoms with Gasteiger partial charge in [0.2, 0.25) is 0 Å². The first kappa shape index (κ1) is 18.5. The van der Waals surface area contributed by atoms with Gasteiger partial charge in [0.05, 0.1) is 24.4 Å². The van der Waals surface area contributed by atoms with Gasteiger partial charge in [-0.2, -0.15) is 15.0 Å². The lowest BCUT2D eigenvalue weighted by atomic mass is 10.2. The molecule has 8 heteroatoms. The molecular weight excluding hydrogens is 390 g/mol. The van der Waals surface area contributed by atoms with Crippen LogP contribution in [0.1, 0.15) is 15.9 Å². The summed E-state index contributed by atoms with van der Waals surface area (Å²) < 4.78 is 6.66. The molecule has 2 aromatic heterocycles. The van der Waals surface area contributed by atoms with Crippen molar-refractivity contribution in [2.45, 2.75) is 0 Å². The molecule has 0 bridgehead atoms. The number of anilines is 1. The van der Waals surface area contributed by atoms with Crippen LogP contribution < -0.4 is 10.1 Å². The Morgan fingerprint density at radius 2 is 2.03 bits per heavy atom. The molecule has 0 atom stereocenters. The number of carbonyl (C=O) groups excluding carboxylic acids is 1. The summed E-state index contributed by atoms with van der Waals surface area (Å²) in [6.45, 7) is 0. The molecule has 0 aliphatic heterocycles. The minimum atomic E-state index is -0.483. The number of hydrogen-bond acceptors (Lipinski definition) is 5. The van der Waals surface area contributed by atoms with Crippen LogP contribution in [0.15, 0.2) is 60.8 Å². The predicted molar refractivity (Wildman–Crippen MR) is 110 cm³/mol. The fourth-order valence-electron chi connectivity index (χ4n) is 2.93. The van der Waals surface area contributed by atoms with Crippen molar-refractivity contribution in [3.8, 4) is 17.6 Å². The van der Waals surface area contributed by atoms with Crippen LogP contribution in [0.25, 0.3) is 16.7 Å². The fourth-order valence-corrected chi connectivity index (χ4v) is 3.10. The molecule has 0 saturated carbocycles. The van der Waals surface area contributed by atoms with Gasteiger partial charge in [-0.1, -0.05) is 29.8 Å². The van der Waals surface area contributed by atoms with Crippen LogP contribution in [-0.4, -0.2) is 27.8 Å². The van der Waals surface area contributed by atoms with E-state index in [1.54, 1.807) is 18.2 Å². The second-order valence-corrected chi connectivity index (χ2v) is 6.53. The summed E-state index contributed by atoms with van der Waals surface area (Å²) in [6, 6.07) is 18.1. The fraction of sp³-hybridized carbons (Fsp3) is 0.0476. The molecule has 4 aromatic rings. The number of ether oxygens (including phenoxy) is 1. The van der Waals surface area contributed by atoms with Crippen LogP contribution >= 0.6 is 11.6 Å². The number of amides is 1. The molecular formula is C21H14ClN5O2. The highest BCUT2D eigenvalue weighted by molar-refractivity contribution is 6.31. The molecule has 142 valence electrons. The molecule has 0 radical (unpaired) electrons. The lowest BCUT2D eigenvalue weighted by Gasteiger charge is -2.12. The third-order valence-corrected chi connectivity index (χ3v) is 4.56. The highest BCUT2D eigenvalue weighted by Crippen LogP contribution is 2.26. The minimum Gasteiger partial charge on any atom is -0.496 e. The number of benzene rings is 2. The maximum atomic E-state index is 12.9. The van der Waals surface area contributed by atoms with Gasteiger partial charge < -0.3 is 10.1 Å². The highest BCUT2D eigenvalue weighted by atomic mass is 35.5. The van der Waals surface area contributed by atoms with Gasteiger partial charge in [0.15, 0.2) is 11.6 Å². The molecule has 7 nitrogen and oxygen atoms in total. The standard InChI is InChI=1S/C21H14ClN5O2/c1-29-18-8-7-15(22)10-16(18)21(28)26-20-14(11-23)12-24-27(20)19-9-6-13-4-2-3-5-17(13)25-19/h2-10,12H,1H3,(H,26,28). The van der Waals surface area contributed by atoms with Crippen LogP contribution in [0.2, 0.25) is 5.02 Å². The number of hydrogen-bond donors (Lipinski definition) is 1. The zero-order valence-electron chi connectivity index (χ0n) is 15.3. The maximum absolute atomic E-state index is 12.9. The van der Waals surface area contributed by atoms with Gasteiger partial charge in [-0.25, -0.2) is 4.98 Å². The minimum absolute atomic E-state index is 0.203. The van der Waals surface area contributed by atoms with Gasteiger partial charge in [0.1, 0.15) is 17.4 Å². The number of para-hydroxylation sites is 1. The molecule has 2 aromatic carbocycles. The van der Waals surface area contributed by atoms with Gasteiger partial charge in [0.25, 0.3) is 5.91 Å². The Morgan fingerprint density at radius 3 is 2.83 bits per heavy atom. The summed E-state index contributed by atoms with van der Waals surface area (Å²) in [5.74, 6) is 0.560. The Hall–Kier alpha value is -3.89. The largest absolute Gasteiger partial charge is 0.496 e. The third-order valence-electron chi connectivity index (χ3n) is 4.33. The number of halogens is 1. The van der Waals surface area contributed by atoms with Crippen LogP contribution in [-0.2, 0) is 0 Å². The van der Waals surface area contributed by atoms with E-state index in [1.165, 1.54) is 24.1 Å². The SMILES string of the molecule is COc1ccc(Cl)cc1C(=O)Nc1c(C#N)cnn1-c1ccc2ccccc2n1. The van der Waals surface area contributed by atoms with E-state index < -0.39 is 5.91 Å². The third kappa shape index (κ3) is 3.49. The van der Waals surface area contributed by atoms with E-state index in [1.807, 2.05) is 36.4 Å². The molecule has 1 amide bonds. The summed E-state index contributed by atoms with van der Waals surface area (Å²) in [5, 5.41) is 17.8. The van der Waals surface area contributed by atoms with Crippen LogP contribution in [0.5, 0.6) is 5.75 Å². The summed E-state index contributed by atoms with van der Waals surface area (Å²) in [7, 11) is 1.46. The van der Waals surface area contributed by atoms with E-state index in [0.29, 0.717) is 16.6 Å². The Labute approximate surface area is 171 Å². The number of nitrogens with one attached hydrogen (secondary N) is 1. The van der Waals surface area contributed by atoms with Crippen molar-refractivity contribution >= 4 is 34.2 Å². The van der Waals surface area contributed by atoms with E-state index in [9.17, 15) is 10.1 Å². The van der Waals surface area contributed by atoms with Gasteiger partial charge in [-0.05, 0) is 36.4 Å². The Bertz CT molecular complexity index is 1280. The molecule has 0 aliphatic rings. The number of rotatable bonds is 4. The second kappa shape index (κ2) is 7.62. The predicted octanol–water partition coefficient (Wildman–Crippen LogP) is 4.21. The number of fused-ring (bicyclic) bond motifs is 1. The lowest BCUT2D eigenvalue weighted by molar-refractivity contribution is 0.102. The molecule has 0 saturated heterocycles. The lowest BCUT2D eigenvalue weighted by Crippen LogP contribution is -2.17. The van der Waals surface area contributed by atoms with Gasteiger partial charge in [-0.15, -0.1) is 0 Å². The molecule has 0 aliphatic carbocycles. The van der Waals surface area contributed by atoms with Crippen LogP contribution in [0.4, 0.5) is 5.82 Å². The van der Waals surface area contributed by atoms with Crippen molar-refractivity contribution in [3.05, 3.63) is 76.9 Å². The van der Waals surface area contributed by atoms with Crippen molar-refractivity contribution in [3.63, 3.8) is 0 Å². The number of nitriles is 1. The maximum Gasteiger partial charge on any atom is 0.260 e. The molecule has 1 N–H and O–H groups in total. The molecule has 0 fully saturated rings. The quantitative estimate of drug-likeness (QED) is 0.551. The van der Waals surface area contributed by atoms with Crippen LogP contribution in [0.3, 0.4) is 0 Å². The van der Waals surface area contributed by atoms with E-state index >= 15 is 0 Å². The van der Waals surface area contributed by atoms with Crippen molar-refractivity contribution in [1.29, 1.82) is 5.26 Å². The number of aromatic nitrogens is 3.